The first-order valence-corrected chi connectivity index (χ1v) is 10.2. The summed E-state index contributed by atoms with van der Waals surface area (Å²) in [6, 6.07) is 18.1. The second-order valence-electron chi connectivity index (χ2n) is 7.87. The Morgan fingerprint density at radius 2 is 1.79 bits per heavy atom. The highest BCUT2D eigenvalue weighted by Gasteiger charge is 2.29. The highest BCUT2D eigenvalue weighted by molar-refractivity contribution is 6.25. The predicted octanol–water partition coefficient (Wildman–Crippen LogP) is 5.07. The zero-order valence-corrected chi connectivity index (χ0v) is 17.2. The van der Waals surface area contributed by atoms with Crippen molar-refractivity contribution < 1.29 is 9.59 Å². The lowest BCUT2D eigenvalue weighted by atomic mass is 10.0. The van der Waals surface area contributed by atoms with Crippen molar-refractivity contribution in [2.45, 2.75) is 39.7 Å². The van der Waals surface area contributed by atoms with Crippen LogP contribution in [-0.4, -0.2) is 18.4 Å². The van der Waals surface area contributed by atoms with E-state index in [0.717, 1.165) is 27.6 Å². The molecule has 0 saturated carbocycles. The Morgan fingerprint density at radius 3 is 2.55 bits per heavy atom. The minimum atomic E-state index is -0.0341. The maximum absolute atomic E-state index is 12.8. The van der Waals surface area contributed by atoms with Crippen LogP contribution in [0.4, 0.5) is 5.69 Å². The molecule has 3 aromatic rings. The summed E-state index contributed by atoms with van der Waals surface area (Å²) in [5, 5.41) is 5.17. The number of aryl methyl sites for hydroxylation is 2. The van der Waals surface area contributed by atoms with Gasteiger partial charge < -0.3 is 10.2 Å². The molecule has 1 heterocycles. The highest BCUT2D eigenvalue weighted by atomic mass is 16.2. The van der Waals surface area contributed by atoms with Crippen LogP contribution < -0.4 is 10.2 Å². The lowest BCUT2D eigenvalue weighted by Gasteiger charge is -2.19. The van der Waals surface area contributed by atoms with Crippen LogP contribution in [0.25, 0.3) is 10.8 Å². The third kappa shape index (κ3) is 3.63. The van der Waals surface area contributed by atoms with Gasteiger partial charge in [-0.25, -0.2) is 0 Å². The van der Waals surface area contributed by atoms with Crippen LogP contribution in [0.2, 0.25) is 0 Å². The van der Waals surface area contributed by atoms with Gasteiger partial charge in [-0.05, 0) is 61.4 Å². The molecule has 4 nitrogen and oxygen atoms in total. The Bertz CT molecular complexity index is 1100. The molecule has 0 aliphatic carbocycles. The minimum Gasteiger partial charge on any atom is -0.350 e. The van der Waals surface area contributed by atoms with Crippen LogP contribution in [-0.2, 0) is 4.79 Å². The quantitative estimate of drug-likeness (QED) is 0.643. The van der Waals surface area contributed by atoms with E-state index in [1.54, 1.807) is 4.90 Å². The van der Waals surface area contributed by atoms with E-state index < -0.39 is 0 Å². The first-order chi connectivity index (χ1) is 14.0. The topological polar surface area (TPSA) is 49.4 Å². The fourth-order valence-corrected chi connectivity index (χ4v) is 4.03. The molecular weight excluding hydrogens is 360 g/mol. The van der Waals surface area contributed by atoms with E-state index in [9.17, 15) is 9.59 Å². The zero-order valence-electron chi connectivity index (χ0n) is 17.2. The zero-order chi connectivity index (χ0) is 20.5. The average molecular weight is 386 g/mol. The van der Waals surface area contributed by atoms with E-state index in [1.807, 2.05) is 43.3 Å². The Kier molecular flexibility index (Phi) is 5.10. The second-order valence-corrected chi connectivity index (χ2v) is 7.87. The molecule has 0 aromatic heterocycles. The molecule has 1 aliphatic rings. The van der Waals surface area contributed by atoms with E-state index in [-0.39, 0.29) is 17.9 Å². The van der Waals surface area contributed by atoms with Gasteiger partial charge in [-0.1, -0.05) is 42.5 Å². The average Bonchev–Trinajstić information content (AvgIpc) is 2.98. The predicted molar refractivity (Wildman–Crippen MR) is 117 cm³/mol. The first-order valence-electron chi connectivity index (χ1n) is 10.2. The molecule has 2 amide bonds. The normalized spacial score (nSPS) is 13.8. The molecule has 1 N–H and O–H groups in total. The summed E-state index contributed by atoms with van der Waals surface area (Å²) in [7, 11) is 0. The number of hydrogen-bond donors (Lipinski definition) is 1. The van der Waals surface area contributed by atoms with E-state index in [1.165, 1.54) is 11.1 Å². The van der Waals surface area contributed by atoms with Gasteiger partial charge in [-0.2, -0.15) is 0 Å². The van der Waals surface area contributed by atoms with Crippen molar-refractivity contribution in [3.8, 4) is 0 Å². The van der Waals surface area contributed by atoms with Crippen molar-refractivity contribution in [3.05, 3.63) is 76.9 Å². The number of benzene rings is 3. The number of carbonyl (C=O) groups excluding carboxylic acids is 2. The maximum atomic E-state index is 12.8. The molecule has 0 spiro atoms. The Morgan fingerprint density at radius 1 is 1.03 bits per heavy atom. The third-order valence-electron chi connectivity index (χ3n) is 5.84. The molecule has 4 rings (SSSR count). The molecule has 0 radical (unpaired) electrons. The maximum Gasteiger partial charge on any atom is 0.258 e. The molecule has 0 unspecified atom stereocenters. The SMILES string of the molecule is Cc1ccc([C@@H](C)NC(=O)CCCN2C(=O)c3cccc4cccc2c34)cc1C. The van der Waals surface area contributed by atoms with E-state index in [4.69, 9.17) is 0 Å². The van der Waals surface area contributed by atoms with Gasteiger partial charge in [0.25, 0.3) is 5.91 Å². The lowest BCUT2D eigenvalue weighted by Crippen LogP contribution is -2.30. The molecule has 3 aromatic carbocycles. The van der Waals surface area contributed by atoms with Gasteiger partial charge in [0.15, 0.2) is 0 Å². The van der Waals surface area contributed by atoms with E-state index in [0.29, 0.717) is 19.4 Å². The molecule has 29 heavy (non-hydrogen) atoms. The van der Waals surface area contributed by atoms with Crippen molar-refractivity contribution in [1.82, 2.24) is 5.32 Å². The van der Waals surface area contributed by atoms with E-state index in [2.05, 4.69) is 37.4 Å². The molecule has 0 bridgehead atoms. The summed E-state index contributed by atoms with van der Waals surface area (Å²) in [5.41, 5.74) is 5.29. The van der Waals surface area contributed by atoms with Crippen LogP contribution in [0.3, 0.4) is 0 Å². The fraction of sp³-hybridized carbons (Fsp3) is 0.280. The number of amides is 2. The van der Waals surface area contributed by atoms with Crippen molar-refractivity contribution >= 4 is 28.3 Å². The fourth-order valence-electron chi connectivity index (χ4n) is 4.03. The highest BCUT2D eigenvalue weighted by Crippen LogP contribution is 2.37. The number of hydrogen-bond acceptors (Lipinski definition) is 2. The Balaban J connectivity index is 1.36. The summed E-state index contributed by atoms with van der Waals surface area (Å²) < 4.78 is 0. The van der Waals surface area contributed by atoms with E-state index >= 15 is 0 Å². The smallest absolute Gasteiger partial charge is 0.258 e. The van der Waals surface area contributed by atoms with Crippen LogP contribution in [0, 0.1) is 13.8 Å². The second kappa shape index (κ2) is 7.70. The van der Waals surface area contributed by atoms with Crippen LogP contribution in [0.15, 0.2) is 54.6 Å². The van der Waals surface area contributed by atoms with Crippen LogP contribution in [0.5, 0.6) is 0 Å². The molecular formula is C25H26N2O2. The number of nitrogens with zero attached hydrogens (tertiary/aromatic N) is 1. The van der Waals surface area contributed by atoms with Crippen molar-refractivity contribution in [1.29, 1.82) is 0 Å². The third-order valence-corrected chi connectivity index (χ3v) is 5.84. The van der Waals surface area contributed by atoms with Crippen LogP contribution in [0.1, 0.15) is 52.9 Å². The van der Waals surface area contributed by atoms with Crippen molar-refractivity contribution in [2.75, 3.05) is 11.4 Å². The van der Waals surface area contributed by atoms with Gasteiger partial charge in [0.2, 0.25) is 5.91 Å². The van der Waals surface area contributed by atoms with Crippen molar-refractivity contribution in [2.24, 2.45) is 0 Å². The molecule has 1 atom stereocenters. The molecule has 0 fully saturated rings. The number of anilines is 1. The summed E-state index contributed by atoms with van der Waals surface area (Å²) in [5.74, 6) is 0.0406. The van der Waals surface area contributed by atoms with Crippen LogP contribution >= 0.6 is 0 Å². The van der Waals surface area contributed by atoms with Gasteiger partial charge in [0, 0.05) is 23.9 Å². The molecule has 1 aliphatic heterocycles. The Labute approximate surface area is 171 Å². The van der Waals surface area contributed by atoms with Gasteiger partial charge in [-0.3, -0.25) is 9.59 Å². The monoisotopic (exact) mass is 386 g/mol. The minimum absolute atomic E-state index is 0.0121. The van der Waals surface area contributed by atoms with Gasteiger partial charge >= 0.3 is 0 Å². The molecule has 4 heteroatoms. The lowest BCUT2D eigenvalue weighted by molar-refractivity contribution is -0.121. The number of rotatable bonds is 6. The van der Waals surface area contributed by atoms with Gasteiger partial charge in [0.1, 0.15) is 0 Å². The standard InChI is InChI=1S/C25H26N2O2/c1-16-12-13-20(15-17(16)2)18(3)26-23(28)11-6-14-27-22-10-5-8-19-7-4-9-21(24(19)22)25(27)29/h4-5,7-10,12-13,15,18H,6,11,14H2,1-3H3,(H,26,28)/t18-/m1/s1. The number of carbonyl (C=O) groups is 2. The Hall–Kier alpha value is -3.14. The number of nitrogens with one attached hydrogen (secondary N) is 1. The summed E-state index contributed by atoms with van der Waals surface area (Å²) in [6.07, 6.45) is 1.02. The largest absolute Gasteiger partial charge is 0.350 e. The van der Waals surface area contributed by atoms with Crippen molar-refractivity contribution in [3.63, 3.8) is 0 Å². The first kappa shape index (κ1) is 19.2. The molecule has 0 saturated heterocycles. The molecule has 148 valence electrons. The van der Waals surface area contributed by atoms with Gasteiger partial charge in [0.05, 0.1) is 11.7 Å². The summed E-state index contributed by atoms with van der Waals surface area (Å²) in [6.45, 7) is 6.71. The summed E-state index contributed by atoms with van der Waals surface area (Å²) >= 11 is 0. The summed E-state index contributed by atoms with van der Waals surface area (Å²) in [4.78, 5) is 27.0. The van der Waals surface area contributed by atoms with Gasteiger partial charge in [-0.15, -0.1) is 0 Å².